The Balaban J connectivity index is 0.000000181. The summed E-state index contributed by atoms with van der Waals surface area (Å²) in [5, 5.41) is 0. The number of nitrogens with zero attached hydrogens (tertiary/aromatic N) is 2. The predicted octanol–water partition coefficient (Wildman–Crippen LogP) is 9.83. The molecule has 1 aliphatic heterocycles. The molecule has 0 amide bonds. The summed E-state index contributed by atoms with van der Waals surface area (Å²) in [5.41, 5.74) is 9.88. The van der Waals surface area contributed by atoms with E-state index in [9.17, 15) is 0 Å². The number of benzene rings is 4. The molecule has 0 fully saturated rings. The first kappa shape index (κ1) is 29.1. The van der Waals surface area contributed by atoms with Crippen LogP contribution in [-0.2, 0) is 25.5 Å². The first-order valence-corrected chi connectivity index (χ1v) is 13.7. The molecule has 0 saturated carbocycles. The molecule has 0 aliphatic carbocycles. The summed E-state index contributed by atoms with van der Waals surface area (Å²) in [6.07, 6.45) is 3.67. The summed E-state index contributed by atoms with van der Waals surface area (Å²) in [6.45, 7) is 6.63. The van der Waals surface area contributed by atoms with Crippen molar-refractivity contribution < 1.29 is 24.8 Å². The summed E-state index contributed by atoms with van der Waals surface area (Å²) in [7, 11) is 0. The van der Waals surface area contributed by atoms with Crippen LogP contribution in [0.2, 0.25) is 0 Å². The van der Waals surface area contributed by atoms with Crippen LogP contribution in [0.5, 0.6) is 11.5 Å². The Morgan fingerprint density at radius 3 is 1.98 bits per heavy atom. The summed E-state index contributed by atoms with van der Waals surface area (Å²) in [5.74, 6) is 1.68. The van der Waals surface area contributed by atoms with Crippen molar-refractivity contribution in [1.29, 1.82) is 0 Å². The Morgan fingerprint density at radius 2 is 1.26 bits per heavy atom. The zero-order chi connectivity index (χ0) is 28.2. The quantitative estimate of drug-likeness (QED) is 0.167. The number of rotatable bonds is 2. The van der Waals surface area contributed by atoms with Crippen molar-refractivity contribution in [2.24, 2.45) is 0 Å². The second-order valence-corrected chi connectivity index (χ2v) is 10.9. The van der Waals surface area contributed by atoms with Gasteiger partial charge < -0.3 is 14.7 Å². The van der Waals surface area contributed by atoms with E-state index in [-0.39, 0.29) is 25.5 Å². The van der Waals surface area contributed by atoms with Gasteiger partial charge >= 0.3 is 0 Å². The van der Waals surface area contributed by atoms with Gasteiger partial charge in [-0.05, 0) is 51.7 Å². The van der Waals surface area contributed by atoms with Crippen LogP contribution >= 0.6 is 0 Å². The van der Waals surface area contributed by atoms with Crippen molar-refractivity contribution in [3.63, 3.8) is 0 Å². The average molecular weight is 723 g/mol. The summed E-state index contributed by atoms with van der Waals surface area (Å²) in [6, 6.07) is 45.2. The monoisotopic (exact) mass is 723 g/mol. The molecule has 1 radical (unpaired) electrons. The van der Waals surface area contributed by atoms with Crippen molar-refractivity contribution >= 4 is 0 Å². The van der Waals surface area contributed by atoms with Crippen molar-refractivity contribution in [2.45, 2.75) is 26.2 Å². The molecule has 0 unspecified atom stereocenters. The summed E-state index contributed by atoms with van der Waals surface area (Å²) in [4.78, 5) is 8.84. The van der Waals surface area contributed by atoms with Crippen LogP contribution in [-0.4, -0.2) is 9.97 Å². The fourth-order valence-corrected chi connectivity index (χ4v) is 4.89. The van der Waals surface area contributed by atoms with E-state index in [4.69, 9.17) is 4.74 Å². The molecule has 4 heteroatoms. The summed E-state index contributed by atoms with van der Waals surface area (Å²) < 4.78 is 6.22. The number of para-hydroxylation sites is 1. The van der Waals surface area contributed by atoms with Gasteiger partial charge in [0.25, 0.3) is 0 Å². The zero-order valence-corrected chi connectivity index (χ0v) is 26.2. The zero-order valence-electron chi connectivity index (χ0n) is 23.8. The number of ether oxygens (including phenoxy) is 1. The van der Waals surface area contributed by atoms with Crippen molar-refractivity contribution in [2.75, 3.05) is 0 Å². The Kier molecular flexibility index (Phi) is 8.77. The Bertz CT molecular complexity index is 1790. The van der Waals surface area contributed by atoms with E-state index < -0.39 is 0 Å². The average Bonchev–Trinajstić information content (AvgIpc) is 3.16. The Morgan fingerprint density at radius 1 is 0.571 bits per heavy atom. The molecule has 1 aliphatic rings. The van der Waals surface area contributed by atoms with Gasteiger partial charge in [0.2, 0.25) is 0 Å². The molecule has 0 bridgehead atoms. The third kappa shape index (κ3) is 6.26. The van der Waals surface area contributed by atoms with E-state index in [0.29, 0.717) is 0 Å². The second kappa shape index (κ2) is 12.6. The molecule has 0 N–H and O–H groups in total. The van der Waals surface area contributed by atoms with Gasteiger partial charge in [-0.15, -0.1) is 59.7 Å². The van der Waals surface area contributed by atoms with Gasteiger partial charge in [0.05, 0.1) is 5.75 Å². The van der Waals surface area contributed by atoms with Crippen molar-refractivity contribution in [3.05, 3.63) is 145 Å². The van der Waals surface area contributed by atoms with E-state index >= 15 is 0 Å². The minimum atomic E-state index is 0. The van der Waals surface area contributed by atoms with Gasteiger partial charge in [-0.1, -0.05) is 87.0 Å². The Labute approximate surface area is 261 Å². The molecule has 0 saturated heterocycles. The molecule has 3 heterocycles. The largest absolute Gasteiger partial charge is 0.500 e. The van der Waals surface area contributed by atoms with E-state index in [2.05, 4.69) is 91.4 Å². The smallest absolute Gasteiger partial charge is 0.122 e. The minimum absolute atomic E-state index is 0. The molecule has 0 spiro atoms. The van der Waals surface area contributed by atoms with Gasteiger partial charge in [-0.25, -0.2) is 0 Å². The molecule has 6 aromatic rings. The topological polar surface area (TPSA) is 35.0 Å². The maximum atomic E-state index is 6.22. The summed E-state index contributed by atoms with van der Waals surface area (Å²) >= 11 is 0. The van der Waals surface area contributed by atoms with Gasteiger partial charge in [0, 0.05) is 38.1 Å². The SMILES string of the molecule is CC(C)(C)c1ccnc(-c2[c-]cccc2)c1.[Ir].[c-]1cc2c(cc1-c1ccccn1)-c1ccccc1-c1ccccc1O2. The third-order valence-electron chi connectivity index (χ3n) is 7.08. The van der Waals surface area contributed by atoms with Crippen LogP contribution in [0.1, 0.15) is 26.3 Å². The fourth-order valence-electron chi connectivity index (χ4n) is 4.89. The van der Waals surface area contributed by atoms with Crippen molar-refractivity contribution in [3.8, 4) is 56.3 Å². The molecular formula is C38H30IrN2O-2. The van der Waals surface area contributed by atoms with Gasteiger partial charge in [0.1, 0.15) is 5.75 Å². The molecular weight excluding hydrogens is 693 g/mol. The van der Waals surface area contributed by atoms with Crippen molar-refractivity contribution in [1.82, 2.24) is 9.97 Å². The molecule has 7 rings (SSSR count). The standard InChI is InChI=1S/C23H14NO.C15H16N.Ir/c1-2-8-18-17(7-1)19-9-3-4-11-22(19)25-23-13-12-16(15-20(18)23)21-10-5-6-14-24-21;1-15(2,3)13-9-10-16-14(11-13)12-7-5-4-6-8-12;/h1-11,13-15H;4-7,9-11H,1-3H3;/q2*-1;. The second-order valence-electron chi connectivity index (χ2n) is 10.9. The molecule has 209 valence electrons. The van der Waals surface area contributed by atoms with Crippen LogP contribution in [0, 0.1) is 12.1 Å². The van der Waals surface area contributed by atoms with Crippen LogP contribution < -0.4 is 4.74 Å². The van der Waals surface area contributed by atoms with E-state index in [1.807, 2.05) is 72.9 Å². The first-order chi connectivity index (χ1) is 20.0. The van der Waals surface area contributed by atoms with E-state index in [0.717, 1.165) is 50.7 Å². The van der Waals surface area contributed by atoms with E-state index in [1.54, 1.807) is 6.20 Å². The number of aromatic nitrogens is 2. The van der Waals surface area contributed by atoms with Gasteiger partial charge in [-0.2, -0.15) is 0 Å². The van der Waals surface area contributed by atoms with Gasteiger partial charge in [0.15, 0.2) is 0 Å². The normalized spacial score (nSPS) is 11.2. The first-order valence-electron chi connectivity index (χ1n) is 13.7. The third-order valence-corrected chi connectivity index (χ3v) is 7.08. The van der Waals surface area contributed by atoms with Crippen LogP contribution in [0.15, 0.2) is 128 Å². The number of hydrogen-bond donors (Lipinski definition) is 0. The molecule has 0 atom stereocenters. The molecule has 4 aromatic carbocycles. The van der Waals surface area contributed by atoms with Crippen LogP contribution in [0.3, 0.4) is 0 Å². The number of fused-ring (bicyclic) bond motifs is 5. The molecule has 3 nitrogen and oxygen atoms in total. The maximum Gasteiger partial charge on any atom is 0.122 e. The van der Waals surface area contributed by atoms with E-state index in [1.165, 1.54) is 11.1 Å². The number of hydrogen-bond acceptors (Lipinski definition) is 3. The fraction of sp³-hybridized carbons (Fsp3) is 0.105. The Hall–Kier alpha value is -4.37. The molecule has 2 aromatic heterocycles. The molecule has 42 heavy (non-hydrogen) atoms. The number of pyridine rings is 2. The predicted molar refractivity (Wildman–Crippen MR) is 167 cm³/mol. The van der Waals surface area contributed by atoms with Crippen LogP contribution in [0.25, 0.3) is 44.8 Å². The van der Waals surface area contributed by atoms with Gasteiger partial charge in [-0.3, -0.25) is 0 Å². The van der Waals surface area contributed by atoms with Crippen LogP contribution in [0.4, 0.5) is 0 Å². The minimum Gasteiger partial charge on any atom is -0.500 e. The maximum absolute atomic E-state index is 6.22.